The second-order valence-electron chi connectivity index (χ2n) is 8.88. The fourth-order valence-corrected chi connectivity index (χ4v) is 5.71. The number of nitrogens with one attached hydrogen (secondary N) is 2. The van der Waals surface area contributed by atoms with Crippen LogP contribution in [0, 0.1) is 5.92 Å². The molecule has 2 aliphatic heterocycles. The van der Waals surface area contributed by atoms with E-state index >= 15 is 0 Å². The Hall–Kier alpha value is -1.06. The summed E-state index contributed by atoms with van der Waals surface area (Å²) in [6, 6.07) is 12.9. The van der Waals surface area contributed by atoms with E-state index in [1.165, 1.54) is 83.5 Å². The minimum absolute atomic E-state index is 0.933. The number of piperidine rings is 1. The molecule has 2 atom stereocenters. The van der Waals surface area contributed by atoms with Crippen LogP contribution in [-0.4, -0.2) is 51.4 Å². The molecule has 0 aromatic heterocycles. The Labute approximate surface area is 154 Å². The Bertz CT molecular complexity index is 515. The number of rotatable bonds is 3. The molecule has 4 rings (SSSR count). The molecule has 3 heteroatoms. The zero-order valence-electron chi connectivity index (χ0n) is 16.1. The number of piperazine rings is 1. The highest BCUT2D eigenvalue weighted by Gasteiger charge is 2.36. The molecule has 0 bridgehead atoms. The summed E-state index contributed by atoms with van der Waals surface area (Å²) >= 11 is 0. The van der Waals surface area contributed by atoms with Crippen molar-refractivity contribution in [1.82, 2.24) is 0 Å². The van der Waals surface area contributed by atoms with Crippen molar-refractivity contribution in [3.05, 3.63) is 30.3 Å². The molecule has 0 spiro atoms. The average Bonchev–Trinajstić information content (AvgIpc) is 2.69. The van der Waals surface area contributed by atoms with Crippen LogP contribution in [0.2, 0.25) is 0 Å². The summed E-state index contributed by atoms with van der Waals surface area (Å²) in [4.78, 5) is 6.42. The van der Waals surface area contributed by atoms with Crippen LogP contribution >= 0.6 is 0 Å². The summed E-state index contributed by atoms with van der Waals surface area (Å²) in [6.45, 7) is 10.5. The second kappa shape index (κ2) is 8.09. The molecular formula is C22H37N3+2. The lowest BCUT2D eigenvalue weighted by molar-refractivity contribution is -0.969. The van der Waals surface area contributed by atoms with Gasteiger partial charge in [0.2, 0.25) is 0 Å². The lowest BCUT2D eigenvalue weighted by atomic mass is 9.85. The zero-order valence-corrected chi connectivity index (χ0v) is 16.1. The lowest BCUT2D eigenvalue weighted by Crippen LogP contribution is -3.23. The molecule has 3 nitrogen and oxygen atoms in total. The summed E-state index contributed by atoms with van der Waals surface area (Å²) in [5, 5.41) is 0. The largest absolute Gasteiger partial charge is 0.360 e. The van der Waals surface area contributed by atoms with E-state index in [0.29, 0.717) is 0 Å². The quantitative estimate of drug-likeness (QED) is 0.835. The summed E-state index contributed by atoms with van der Waals surface area (Å²) in [6.07, 6.45) is 8.85. The van der Waals surface area contributed by atoms with Crippen molar-refractivity contribution in [3.63, 3.8) is 0 Å². The summed E-state index contributed by atoms with van der Waals surface area (Å²) < 4.78 is 0. The Balaban J connectivity index is 1.24. The van der Waals surface area contributed by atoms with Crippen molar-refractivity contribution in [3.8, 4) is 0 Å². The molecule has 1 aromatic rings. The van der Waals surface area contributed by atoms with E-state index in [9.17, 15) is 0 Å². The van der Waals surface area contributed by atoms with Gasteiger partial charge in [-0.05, 0) is 30.9 Å². The first-order valence-corrected chi connectivity index (χ1v) is 10.8. The summed E-state index contributed by atoms with van der Waals surface area (Å²) in [5.41, 5.74) is 1.41. The highest BCUT2D eigenvalue weighted by atomic mass is 15.3. The van der Waals surface area contributed by atoms with Crippen molar-refractivity contribution in [1.29, 1.82) is 0 Å². The molecule has 1 aliphatic carbocycles. The molecular weight excluding hydrogens is 306 g/mol. The Morgan fingerprint density at radius 3 is 2.16 bits per heavy atom. The van der Waals surface area contributed by atoms with Crippen LogP contribution < -0.4 is 14.7 Å². The van der Waals surface area contributed by atoms with Gasteiger partial charge in [0.25, 0.3) is 0 Å². The van der Waals surface area contributed by atoms with Gasteiger partial charge in [0.05, 0.1) is 51.4 Å². The predicted octanol–water partition coefficient (Wildman–Crippen LogP) is 1.02. The van der Waals surface area contributed by atoms with Gasteiger partial charge < -0.3 is 14.7 Å². The van der Waals surface area contributed by atoms with Crippen LogP contribution in [0.15, 0.2) is 30.3 Å². The van der Waals surface area contributed by atoms with Gasteiger partial charge in [0.1, 0.15) is 0 Å². The third-order valence-corrected chi connectivity index (χ3v) is 7.25. The number of hydrogen-bond donors (Lipinski definition) is 2. The molecule has 1 aromatic carbocycles. The molecule has 2 heterocycles. The maximum absolute atomic E-state index is 2.58. The van der Waals surface area contributed by atoms with Crippen LogP contribution in [-0.2, 0) is 0 Å². The van der Waals surface area contributed by atoms with Gasteiger partial charge >= 0.3 is 0 Å². The van der Waals surface area contributed by atoms with Gasteiger partial charge in [-0.15, -0.1) is 0 Å². The van der Waals surface area contributed by atoms with Gasteiger partial charge in [-0.1, -0.05) is 31.5 Å². The number of para-hydroxylation sites is 1. The Morgan fingerprint density at radius 1 is 0.800 bits per heavy atom. The van der Waals surface area contributed by atoms with Crippen LogP contribution in [0.3, 0.4) is 0 Å². The number of likely N-dealkylation sites (tertiary alicyclic amines) is 1. The van der Waals surface area contributed by atoms with E-state index in [0.717, 1.165) is 18.0 Å². The summed E-state index contributed by atoms with van der Waals surface area (Å²) in [7, 11) is 0. The Morgan fingerprint density at radius 2 is 1.48 bits per heavy atom. The first-order valence-electron chi connectivity index (χ1n) is 10.8. The molecule has 0 radical (unpaired) electrons. The van der Waals surface area contributed by atoms with Gasteiger partial charge in [0.15, 0.2) is 0 Å². The van der Waals surface area contributed by atoms with E-state index in [4.69, 9.17) is 0 Å². The smallest absolute Gasteiger partial charge is 0.0984 e. The van der Waals surface area contributed by atoms with Crippen LogP contribution in [0.4, 0.5) is 5.69 Å². The number of hydrogen-bond acceptors (Lipinski definition) is 1. The van der Waals surface area contributed by atoms with E-state index < -0.39 is 0 Å². The number of benzene rings is 1. The molecule has 138 valence electrons. The van der Waals surface area contributed by atoms with Crippen molar-refractivity contribution in [2.45, 2.75) is 57.5 Å². The summed E-state index contributed by atoms with van der Waals surface area (Å²) in [5.74, 6) is 0.973. The van der Waals surface area contributed by atoms with Gasteiger partial charge in [-0.25, -0.2) is 0 Å². The zero-order chi connectivity index (χ0) is 17.1. The lowest BCUT2D eigenvalue weighted by Gasteiger charge is -2.42. The van der Waals surface area contributed by atoms with Crippen LogP contribution in [0.1, 0.15) is 45.4 Å². The highest BCUT2D eigenvalue weighted by Crippen LogP contribution is 2.22. The maximum Gasteiger partial charge on any atom is 0.0984 e. The van der Waals surface area contributed by atoms with Gasteiger partial charge in [-0.3, -0.25) is 0 Å². The molecule has 25 heavy (non-hydrogen) atoms. The van der Waals surface area contributed by atoms with Crippen molar-refractivity contribution < 1.29 is 9.80 Å². The third kappa shape index (κ3) is 4.20. The molecule has 2 N–H and O–H groups in total. The normalized spacial score (nSPS) is 34.8. The minimum Gasteiger partial charge on any atom is -0.360 e. The minimum atomic E-state index is 0.933. The molecule has 1 saturated carbocycles. The number of anilines is 1. The SMILES string of the molecule is C[C@@H]1CCC[C@@H]([NH+]2CCC([NH+]3CCN(c4ccccc4)CC3)CC2)C1. The fraction of sp³-hybridized carbons (Fsp3) is 0.727. The molecule has 0 amide bonds. The fourth-order valence-electron chi connectivity index (χ4n) is 5.71. The van der Waals surface area contributed by atoms with E-state index in [2.05, 4.69) is 42.2 Å². The maximum atomic E-state index is 2.58. The monoisotopic (exact) mass is 343 g/mol. The standard InChI is InChI=1S/C22H35N3/c1-19-6-5-9-22(18-19)23-12-10-21(11-13-23)25-16-14-24(15-17-25)20-7-3-2-4-8-20/h2-4,7-8,19,21-22H,5-6,9-18H2,1H3/p+2/t19-,22-/m1/s1. The number of nitrogens with zero attached hydrogens (tertiary/aromatic N) is 1. The van der Waals surface area contributed by atoms with Crippen molar-refractivity contribution in [2.24, 2.45) is 5.92 Å². The highest BCUT2D eigenvalue weighted by molar-refractivity contribution is 5.46. The number of quaternary nitrogens is 2. The molecule has 0 unspecified atom stereocenters. The molecule has 3 aliphatic rings. The van der Waals surface area contributed by atoms with E-state index in [-0.39, 0.29) is 0 Å². The molecule has 2 saturated heterocycles. The third-order valence-electron chi connectivity index (χ3n) is 7.25. The first kappa shape index (κ1) is 17.4. The van der Waals surface area contributed by atoms with Gasteiger partial charge in [-0.2, -0.15) is 0 Å². The van der Waals surface area contributed by atoms with E-state index in [1.807, 2.05) is 9.80 Å². The second-order valence-corrected chi connectivity index (χ2v) is 8.88. The first-order chi connectivity index (χ1) is 12.3. The van der Waals surface area contributed by atoms with Crippen molar-refractivity contribution in [2.75, 3.05) is 44.2 Å². The van der Waals surface area contributed by atoms with Crippen molar-refractivity contribution >= 4 is 5.69 Å². The predicted molar refractivity (Wildman–Crippen MR) is 104 cm³/mol. The van der Waals surface area contributed by atoms with Gasteiger partial charge in [0, 0.05) is 24.9 Å². The van der Waals surface area contributed by atoms with Crippen LogP contribution in [0.25, 0.3) is 0 Å². The van der Waals surface area contributed by atoms with Crippen LogP contribution in [0.5, 0.6) is 0 Å². The molecule has 3 fully saturated rings. The average molecular weight is 344 g/mol. The van der Waals surface area contributed by atoms with E-state index in [1.54, 1.807) is 0 Å². The Kier molecular flexibility index (Phi) is 5.62. The topological polar surface area (TPSA) is 12.1 Å².